The van der Waals surface area contributed by atoms with Crippen molar-refractivity contribution in [1.82, 2.24) is 9.80 Å². The first-order valence-corrected chi connectivity index (χ1v) is 9.08. The molecule has 2 amide bonds. The number of halogens is 1. The van der Waals surface area contributed by atoms with Crippen LogP contribution in [0.5, 0.6) is 0 Å². The van der Waals surface area contributed by atoms with Crippen LogP contribution in [-0.4, -0.2) is 48.8 Å². The molecule has 130 valence electrons. The predicted octanol–water partition coefficient (Wildman–Crippen LogP) is 3.09. The van der Waals surface area contributed by atoms with Crippen LogP contribution in [0.1, 0.15) is 37.7 Å². The van der Waals surface area contributed by atoms with Crippen LogP contribution in [0.4, 0.5) is 0 Å². The summed E-state index contributed by atoms with van der Waals surface area (Å²) in [6.45, 7) is 1.34. The molecule has 3 rings (SSSR count). The van der Waals surface area contributed by atoms with Crippen molar-refractivity contribution in [2.24, 2.45) is 5.92 Å². The van der Waals surface area contributed by atoms with E-state index in [2.05, 4.69) is 0 Å². The van der Waals surface area contributed by atoms with Crippen LogP contribution in [0, 0.1) is 5.92 Å². The molecule has 0 spiro atoms. The van der Waals surface area contributed by atoms with Crippen molar-refractivity contribution in [2.75, 3.05) is 27.2 Å². The summed E-state index contributed by atoms with van der Waals surface area (Å²) in [6.07, 6.45) is 4.38. The van der Waals surface area contributed by atoms with Gasteiger partial charge in [0.05, 0.1) is 5.41 Å². The Hall–Kier alpha value is -1.55. The van der Waals surface area contributed by atoms with E-state index in [9.17, 15) is 9.59 Å². The van der Waals surface area contributed by atoms with Crippen LogP contribution < -0.4 is 0 Å². The average Bonchev–Trinajstić information content (AvgIpc) is 2.53. The Bertz CT molecular complexity index is 632. The number of nitrogens with zero attached hydrogens (tertiary/aromatic N) is 2. The number of benzene rings is 1. The minimum absolute atomic E-state index is 0.0487. The first-order valence-electron chi connectivity index (χ1n) is 8.70. The van der Waals surface area contributed by atoms with Crippen molar-refractivity contribution in [2.45, 2.75) is 37.5 Å². The molecule has 1 saturated carbocycles. The molecule has 2 aliphatic rings. The first-order chi connectivity index (χ1) is 11.4. The summed E-state index contributed by atoms with van der Waals surface area (Å²) in [4.78, 5) is 28.9. The van der Waals surface area contributed by atoms with Crippen molar-refractivity contribution in [3.8, 4) is 0 Å². The number of carbonyl (C=O) groups excluding carboxylic acids is 2. The number of amides is 2. The standard InChI is InChI=1S/C19H25ClN2O2/c1-21(2)17(23)14-7-11-22(12-8-14)18(24)19(9-4-10-19)15-5-3-6-16(20)13-15/h3,5-6,13-14H,4,7-12H2,1-2H3. The van der Waals surface area contributed by atoms with Crippen LogP contribution in [0.25, 0.3) is 0 Å². The Labute approximate surface area is 148 Å². The van der Waals surface area contributed by atoms with Gasteiger partial charge in [0, 0.05) is 38.1 Å². The van der Waals surface area contributed by atoms with Crippen LogP contribution in [0.15, 0.2) is 24.3 Å². The molecule has 2 fully saturated rings. The largest absolute Gasteiger partial charge is 0.349 e. The monoisotopic (exact) mass is 348 g/mol. The van der Waals surface area contributed by atoms with Gasteiger partial charge in [-0.05, 0) is 43.4 Å². The molecule has 0 radical (unpaired) electrons. The van der Waals surface area contributed by atoms with Gasteiger partial charge in [0.15, 0.2) is 0 Å². The highest BCUT2D eigenvalue weighted by Crippen LogP contribution is 2.46. The van der Waals surface area contributed by atoms with E-state index in [1.807, 2.05) is 29.2 Å². The van der Waals surface area contributed by atoms with Gasteiger partial charge in [-0.25, -0.2) is 0 Å². The minimum atomic E-state index is -0.400. The first kappa shape index (κ1) is 17.3. The Balaban J connectivity index is 1.71. The maximum Gasteiger partial charge on any atom is 0.233 e. The minimum Gasteiger partial charge on any atom is -0.349 e. The third-order valence-electron chi connectivity index (χ3n) is 5.57. The molecule has 24 heavy (non-hydrogen) atoms. The number of likely N-dealkylation sites (tertiary alicyclic amines) is 1. The molecular weight excluding hydrogens is 324 g/mol. The topological polar surface area (TPSA) is 40.6 Å². The lowest BCUT2D eigenvalue weighted by Gasteiger charge is -2.45. The third-order valence-corrected chi connectivity index (χ3v) is 5.80. The Kier molecular flexibility index (Phi) is 4.86. The maximum atomic E-state index is 13.2. The van der Waals surface area contributed by atoms with Gasteiger partial charge in [-0.3, -0.25) is 9.59 Å². The lowest BCUT2D eigenvalue weighted by Crippen LogP contribution is -2.53. The third kappa shape index (κ3) is 3.04. The van der Waals surface area contributed by atoms with E-state index in [1.54, 1.807) is 19.0 Å². The molecule has 0 atom stereocenters. The molecule has 0 N–H and O–H groups in total. The molecule has 1 aromatic carbocycles. The van der Waals surface area contributed by atoms with E-state index in [0.717, 1.165) is 37.7 Å². The quantitative estimate of drug-likeness (QED) is 0.842. The average molecular weight is 349 g/mol. The number of carbonyl (C=O) groups is 2. The normalized spacial score (nSPS) is 20.4. The van der Waals surface area contributed by atoms with Crippen molar-refractivity contribution in [3.05, 3.63) is 34.9 Å². The molecule has 1 aliphatic carbocycles. The van der Waals surface area contributed by atoms with E-state index in [0.29, 0.717) is 18.1 Å². The van der Waals surface area contributed by atoms with Gasteiger partial charge in [-0.2, -0.15) is 0 Å². The van der Waals surface area contributed by atoms with E-state index in [-0.39, 0.29) is 17.7 Å². The molecule has 1 saturated heterocycles. The Morgan fingerprint density at radius 2 is 1.88 bits per heavy atom. The molecule has 0 bridgehead atoms. The highest BCUT2D eigenvalue weighted by molar-refractivity contribution is 6.30. The second kappa shape index (κ2) is 6.75. The van der Waals surface area contributed by atoms with Crippen LogP contribution >= 0.6 is 11.6 Å². The smallest absolute Gasteiger partial charge is 0.233 e. The van der Waals surface area contributed by atoms with E-state index >= 15 is 0 Å². The van der Waals surface area contributed by atoms with Gasteiger partial charge in [-0.1, -0.05) is 30.2 Å². The fourth-order valence-corrected chi connectivity index (χ4v) is 4.13. The number of hydrogen-bond acceptors (Lipinski definition) is 2. The fraction of sp³-hybridized carbons (Fsp3) is 0.579. The Morgan fingerprint density at radius 1 is 1.21 bits per heavy atom. The molecule has 4 nitrogen and oxygen atoms in total. The summed E-state index contributed by atoms with van der Waals surface area (Å²) in [7, 11) is 3.59. The number of piperidine rings is 1. The second-order valence-electron chi connectivity index (χ2n) is 7.25. The van der Waals surface area contributed by atoms with Gasteiger partial charge in [0.25, 0.3) is 0 Å². The van der Waals surface area contributed by atoms with Gasteiger partial charge in [0.2, 0.25) is 11.8 Å². The van der Waals surface area contributed by atoms with Crippen LogP contribution in [0.3, 0.4) is 0 Å². The van der Waals surface area contributed by atoms with E-state index < -0.39 is 5.41 Å². The zero-order valence-electron chi connectivity index (χ0n) is 14.4. The van der Waals surface area contributed by atoms with Crippen molar-refractivity contribution >= 4 is 23.4 Å². The summed E-state index contributed by atoms with van der Waals surface area (Å²) < 4.78 is 0. The number of rotatable bonds is 3. The molecule has 1 heterocycles. The van der Waals surface area contributed by atoms with Crippen LogP contribution in [0.2, 0.25) is 5.02 Å². The van der Waals surface area contributed by atoms with Crippen molar-refractivity contribution in [1.29, 1.82) is 0 Å². The lowest BCUT2D eigenvalue weighted by molar-refractivity contribution is -0.145. The summed E-state index contributed by atoms with van der Waals surface area (Å²) >= 11 is 6.14. The van der Waals surface area contributed by atoms with Gasteiger partial charge >= 0.3 is 0 Å². The maximum absolute atomic E-state index is 13.2. The lowest BCUT2D eigenvalue weighted by atomic mass is 9.63. The van der Waals surface area contributed by atoms with Gasteiger partial charge in [0.1, 0.15) is 0 Å². The molecule has 1 aliphatic heterocycles. The van der Waals surface area contributed by atoms with E-state index in [1.165, 1.54) is 0 Å². The summed E-state index contributed by atoms with van der Waals surface area (Å²) in [5.41, 5.74) is 0.640. The highest BCUT2D eigenvalue weighted by Gasteiger charge is 2.48. The summed E-state index contributed by atoms with van der Waals surface area (Å²) in [5.74, 6) is 0.439. The zero-order valence-corrected chi connectivity index (χ0v) is 15.2. The molecule has 5 heteroatoms. The predicted molar refractivity (Wildman–Crippen MR) is 95.0 cm³/mol. The fourth-order valence-electron chi connectivity index (χ4n) is 3.94. The molecular formula is C19H25ClN2O2. The second-order valence-corrected chi connectivity index (χ2v) is 7.68. The number of hydrogen-bond donors (Lipinski definition) is 0. The van der Waals surface area contributed by atoms with Gasteiger partial charge in [-0.15, -0.1) is 0 Å². The highest BCUT2D eigenvalue weighted by atomic mass is 35.5. The van der Waals surface area contributed by atoms with Crippen LogP contribution in [-0.2, 0) is 15.0 Å². The van der Waals surface area contributed by atoms with Gasteiger partial charge < -0.3 is 9.80 Å². The Morgan fingerprint density at radius 3 is 2.38 bits per heavy atom. The molecule has 1 aromatic rings. The van der Waals surface area contributed by atoms with E-state index in [4.69, 9.17) is 11.6 Å². The SMILES string of the molecule is CN(C)C(=O)C1CCN(C(=O)C2(c3cccc(Cl)c3)CCC2)CC1. The summed E-state index contributed by atoms with van der Waals surface area (Å²) in [5, 5.41) is 0.682. The van der Waals surface area contributed by atoms with Crippen molar-refractivity contribution in [3.63, 3.8) is 0 Å². The zero-order chi connectivity index (χ0) is 17.3. The molecule has 0 unspecified atom stereocenters. The summed E-state index contributed by atoms with van der Waals surface area (Å²) in [6, 6.07) is 7.72. The molecule has 0 aromatic heterocycles. The van der Waals surface area contributed by atoms with Crippen molar-refractivity contribution < 1.29 is 9.59 Å².